The number of esters is 1. The number of hydrogen-bond acceptors (Lipinski definition) is 4. The first-order chi connectivity index (χ1) is 10.0. The molecule has 1 aromatic rings. The summed E-state index contributed by atoms with van der Waals surface area (Å²) in [5.74, 6) is -0.544. The highest BCUT2D eigenvalue weighted by Gasteiger charge is 2.33. The van der Waals surface area contributed by atoms with Crippen LogP contribution in [0.1, 0.15) is 37.2 Å². The number of aliphatic hydroxyl groups is 1. The van der Waals surface area contributed by atoms with Crippen molar-refractivity contribution in [3.05, 3.63) is 35.9 Å². The van der Waals surface area contributed by atoms with Crippen LogP contribution in [0.5, 0.6) is 0 Å². The van der Waals surface area contributed by atoms with Gasteiger partial charge in [-0.1, -0.05) is 43.2 Å². The van der Waals surface area contributed by atoms with Crippen molar-refractivity contribution in [1.82, 2.24) is 4.90 Å². The molecule has 1 N–H and O–H groups in total. The third kappa shape index (κ3) is 4.29. The van der Waals surface area contributed by atoms with Gasteiger partial charge in [0.1, 0.15) is 0 Å². The molecule has 1 atom stereocenters. The average Bonchev–Trinajstić information content (AvgIpc) is 2.91. The highest BCUT2D eigenvalue weighted by atomic mass is 16.5. The Morgan fingerprint density at radius 1 is 1.33 bits per heavy atom. The van der Waals surface area contributed by atoms with E-state index in [-0.39, 0.29) is 11.9 Å². The summed E-state index contributed by atoms with van der Waals surface area (Å²) in [6, 6.07) is 9.67. The van der Waals surface area contributed by atoms with Crippen LogP contribution >= 0.6 is 0 Å². The van der Waals surface area contributed by atoms with Gasteiger partial charge >= 0.3 is 5.97 Å². The first kappa shape index (κ1) is 16.0. The summed E-state index contributed by atoms with van der Waals surface area (Å²) in [6.45, 7) is 1.16. The molecule has 1 aromatic carbocycles. The molecule has 1 saturated carbocycles. The Bertz CT molecular complexity index is 454. The van der Waals surface area contributed by atoms with E-state index in [0.29, 0.717) is 13.1 Å². The van der Waals surface area contributed by atoms with Crippen molar-refractivity contribution in [3.8, 4) is 0 Å². The molecular weight excluding hydrogens is 266 g/mol. The van der Waals surface area contributed by atoms with Crippen LogP contribution in [0.4, 0.5) is 0 Å². The van der Waals surface area contributed by atoms with Gasteiger partial charge in [0.25, 0.3) is 0 Å². The molecule has 2 rings (SSSR count). The molecule has 1 fully saturated rings. The van der Waals surface area contributed by atoms with Crippen molar-refractivity contribution < 1.29 is 14.6 Å². The second kappa shape index (κ2) is 7.05. The lowest BCUT2D eigenvalue weighted by Gasteiger charge is -2.30. The highest BCUT2D eigenvalue weighted by molar-refractivity contribution is 5.78. The Morgan fingerprint density at radius 3 is 2.52 bits per heavy atom. The lowest BCUT2D eigenvalue weighted by molar-refractivity contribution is -0.143. The van der Waals surface area contributed by atoms with E-state index < -0.39 is 5.60 Å². The Hall–Kier alpha value is -1.39. The van der Waals surface area contributed by atoms with Crippen LogP contribution in [-0.4, -0.2) is 48.8 Å². The third-order valence-corrected chi connectivity index (χ3v) is 4.28. The molecule has 1 unspecified atom stereocenters. The van der Waals surface area contributed by atoms with Crippen LogP contribution in [0.25, 0.3) is 0 Å². The molecule has 0 aromatic heterocycles. The van der Waals surface area contributed by atoms with Crippen molar-refractivity contribution >= 4 is 5.97 Å². The fourth-order valence-corrected chi connectivity index (χ4v) is 3.21. The number of hydrogen-bond donors (Lipinski definition) is 1. The van der Waals surface area contributed by atoms with E-state index in [4.69, 9.17) is 4.74 Å². The van der Waals surface area contributed by atoms with Gasteiger partial charge in [-0.15, -0.1) is 0 Å². The second-order valence-corrected chi connectivity index (χ2v) is 6.11. The zero-order valence-electron chi connectivity index (χ0n) is 12.9. The summed E-state index contributed by atoms with van der Waals surface area (Å²) in [7, 11) is 3.37. The Kier molecular flexibility index (Phi) is 5.37. The molecule has 0 spiro atoms. The quantitative estimate of drug-likeness (QED) is 0.816. The number of ether oxygens (including phenoxy) is 1. The van der Waals surface area contributed by atoms with Crippen molar-refractivity contribution in [2.45, 2.75) is 37.2 Å². The number of nitrogens with zero attached hydrogens (tertiary/aromatic N) is 1. The fourth-order valence-electron chi connectivity index (χ4n) is 3.21. The minimum Gasteiger partial charge on any atom is -0.469 e. The van der Waals surface area contributed by atoms with Crippen LogP contribution in [0.15, 0.2) is 30.3 Å². The lowest BCUT2D eigenvalue weighted by Crippen LogP contribution is -2.41. The van der Waals surface area contributed by atoms with Gasteiger partial charge in [-0.2, -0.15) is 0 Å². The largest absolute Gasteiger partial charge is 0.469 e. The summed E-state index contributed by atoms with van der Waals surface area (Å²) in [4.78, 5) is 14.1. The van der Waals surface area contributed by atoms with Gasteiger partial charge in [0.15, 0.2) is 0 Å². The van der Waals surface area contributed by atoms with Crippen LogP contribution < -0.4 is 0 Å². The van der Waals surface area contributed by atoms with Gasteiger partial charge < -0.3 is 14.7 Å². The zero-order chi connectivity index (χ0) is 15.3. The average molecular weight is 291 g/mol. The monoisotopic (exact) mass is 291 g/mol. The zero-order valence-corrected chi connectivity index (χ0v) is 12.9. The molecule has 21 heavy (non-hydrogen) atoms. The minimum atomic E-state index is -0.591. The molecule has 0 amide bonds. The second-order valence-electron chi connectivity index (χ2n) is 6.11. The van der Waals surface area contributed by atoms with E-state index in [1.54, 1.807) is 0 Å². The molecule has 0 heterocycles. The van der Waals surface area contributed by atoms with Crippen molar-refractivity contribution in [1.29, 1.82) is 0 Å². The number of methoxy groups -OCH3 is 1. The molecule has 4 nitrogen and oxygen atoms in total. The first-order valence-electron chi connectivity index (χ1n) is 7.58. The summed E-state index contributed by atoms with van der Waals surface area (Å²) >= 11 is 0. The topological polar surface area (TPSA) is 49.8 Å². The fraction of sp³-hybridized carbons (Fsp3) is 0.588. The van der Waals surface area contributed by atoms with Crippen LogP contribution in [-0.2, 0) is 9.53 Å². The number of likely N-dealkylation sites (N-methyl/N-ethyl adjacent to an activating group) is 1. The first-order valence-corrected chi connectivity index (χ1v) is 7.58. The van der Waals surface area contributed by atoms with E-state index >= 15 is 0 Å². The minimum absolute atomic E-state index is 0.230. The van der Waals surface area contributed by atoms with Gasteiger partial charge in [0, 0.05) is 13.1 Å². The third-order valence-electron chi connectivity index (χ3n) is 4.28. The van der Waals surface area contributed by atoms with E-state index in [1.165, 1.54) is 7.11 Å². The maximum absolute atomic E-state index is 12.1. The van der Waals surface area contributed by atoms with Crippen LogP contribution in [0.2, 0.25) is 0 Å². The van der Waals surface area contributed by atoms with Gasteiger partial charge in [-0.25, -0.2) is 0 Å². The standard InChI is InChI=1S/C17H25NO3/c1-18(13-17(20)10-6-7-11-17)12-15(16(19)21-2)14-8-4-3-5-9-14/h3-5,8-9,15,20H,6-7,10-13H2,1-2H3. The predicted molar refractivity (Wildman–Crippen MR) is 82.1 cm³/mol. The lowest BCUT2D eigenvalue weighted by atomic mass is 9.97. The number of benzene rings is 1. The molecule has 0 aliphatic heterocycles. The molecule has 116 valence electrons. The Labute approximate surface area is 126 Å². The summed E-state index contributed by atoms with van der Waals surface area (Å²) < 4.78 is 4.93. The van der Waals surface area contributed by atoms with Gasteiger partial charge in [-0.3, -0.25) is 4.79 Å². The van der Waals surface area contributed by atoms with E-state index in [9.17, 15) is 9.90 Å². The molecular formula is C17H25NO3. The van der Waals surface area contributed by atoms with Crippen molar-refractivity contribution in [2.75, 3.05) is 27.2 Å². The highest BCUT2D eigenvalue weighted by Crippen LogP contribution is 2.30. The number of rotatable bonds is 6. The van der Waals surface area contributed by atoms with E-state index in [1.807, 2.05) is 42.3 Å². The maximum atomic E-state index is 12.1. The van der Waals surface area contributed by atoms with E-state index in [0.717, 1.165) is 31.2 Å². The predicted octanol–water partition coefficient (Wildman–Crippen LogP) is 2.18. The molecule has 4 heteroatoms. The molecule has 0 saturated heterocycles. The van der Waals surface area contributed by atoms with Crippen molar-refractivity contribution in [2.24, 2.45) is 0 Å². The van der Waals surface area contributed by atoms with Gasteiger partial charge in [0.05, 0.1) is 18.6 Å². The normalized spacial score (nSPS) is 18.7. The summed E-state index contributed by atoms with van der Waals surface area (Å²) in [5, 5.41) is 10.5. The van der Waals surface area contributed by atoms with Crippen molar-refractivity contribution in [3.63, 3.8) is 0 Å². The smallest absolute Gasteiger partial charge is 0.314 e. The summed E-state index contributed by atoms with van der Waals surface area (Å²) in [6.07, 6.45) is 3.88. The van der Waals surface area contributed by atoms with Crippen LogP contribution in [0, 0.1) is 0 Å². The maximum Gasteiger partial charge on any atom is 0.314 e. The molecule has 1 aliphatic carbocycles. The SMILES string of the molecule is COC(=O)C(CN(C)CC1(O)CCCC1)c1ccccc1. The number of carbonyl (C=O) groups is 1. The number of carbonyl (C=O) groups excluding carboxylic acids is 1. The molecule has 0 radical (unpaired) electrons. The molecule has 1 aliphatic rings. The Morgan fingerprint density at radius 2 is 1.95 bits per heavy atom. The van der Waals surface area contributed by atoms with Gasteiger partial charge in [0.2, 0.25) is 0 Å². The van der Waals surface area contributed by atoms with Gasteiger partial charge in [-0.05, 0) is 25.5 Å². The van der Waals surface area contributed by atoms with E-state index in [2.05, 4.69) is 0 Å². The van der Waals surface area contributed by atoms with Crippen LogP contribution in [0.3, 0.4) is 0 Å². The summed E-state index contributed by atoms with van der Waals surface area (Å²) in [5.41, 5.74) is 0.362. The Balaban J connectivity index is 2.03. The molecule has 0 bridgehead atoms.